The second-order valence-corrected chi connectivity index (χ2v) is 5.07. The van der Waals surface area contributed by atoms with Crippen molar-refractivity contribution in [1.29, 1.82) is 0 Å². The van der Waals surface area contributed by atoms with Crippen molar-refractivity contribution in [2.75, 3.05) is 0 Å². The lowest BCUT2D eigenvalue weighted by Crippen LogP contribution is -2.05. The van der Waals surface area contributed by atoms with E-state index in [2.05, 4.69) is 5.10 Å². The average molecular weight is 242 g/mol. The number of nitrogens with zero attached hydrogens (tertiary/aromatic N) is 2. The van der Waals surface area contributed by atoms with E-state index in [4.69, 9.17) is 17.3 Å². The molecule has 0 atom stereocenters. The zero-order valence-electron chi connectivity index (χ0n) is 8.62. The molecule has 0 saturated heterocycles. The Balaban J connectivity index is 2.54. The number of aromatic nitrogens is 2. The molecule has 0 fully saturated rings. The van der Waals surface area contributed by atoms with Gasteiger partial charge in [-0.1, -0.05) is 11.6 Å². The van der Waals surface area contributed by atoms with Gasteiger partial charge in [-0.15, -0.1) is 11.3 Å². The molecule has 15 heavy (non-hydrogen) atoms. The molecule has 2 N–H and O–H groups in total. The highest BCUT2D eigenvalue weighted by molar-refractivity contribution is 7.19. The molecule has 0 amide bonds. The standard InChI is InChI=1S/C10H12ClN3S/c1-6-7(5-12)14(2)13-10(6)8-3-4-9(11)15-8/h3-4H,5,12H2,1-2H3. The third kappa shape index (κ3) is 1.80. The fourth-order valence-electron chi connectivity index (χ4n) is 1.63. The van der Waals surface area contributed by atoms with Crippen LogP contribution in [0.25, 0.3) is 10.6 Å². The van der Waals surface area contributed by atoms with Gasteiger partial charge in [-0.25, -0.2) is 0 Å². The topological polar surface area (TPSA) is 43.8 Å². The summed E-state index contributed by atoms with van der Waals surface area (Å²) in [6.45, 7) is 2.55. The van der Waals surface area contributed by atoms with Crippen LogP contribution in [0.5, 0.6) is 0 Å². The maximum absolute atomic E-state index is 5.90. The quantitative estimate of drug-likeness (QED) is 0.878. The maximum Gasteiger partial charge on any atom is 0.106 e. The van der Waals surface area contributed by atoms with Gasteiger partial charge in [0, 0.05) is 19.2 Å². The van der Waals surface area contributed by atoms with Gasteiger partial charge in [0.15, 0.2) is 0 Å². The molecule has 2 heterocycles. The second-order valence-electron chi connectivity index (χ2n) is 3.35. The van der Waals surface area contributed by atoms with Crippen LogP contribution in [0.1, 0.15) is 11.3 Å². The minimum atomic E-state index is 0.508. The van der Waals surface area contributed by atoms with Crippen molar-refractivity contribution >= 4 is 22.9 Å². The molecule has 0 saturated carbocycles. The van der Waals surface area contributed by atoms with E-state index in [9.17, 15) is 0 Å². The van der Waals surface area contributed by atoms with Gasteiger partial charge in [-0.2, -0.15) is 5.10 Å². The van der Waals surface area contributed by atoms with Gasteiger partial charge in [-0.05, 0) is 19.1 Å². The van der Waals surface area contributed by atoms with Gasteiger partial charge in [0.1, 0.15) is 5.69 Å². The zero-order valence-corrected chi connectivity index (χ0v) is 10.2. The number of nitrogens with two attached hydrogens (primary N) is 1. The van der Waals surface area contributed by atoms with Crippen molar-refractivity contribution in [3.8, 4) is 10.6 Å². The summed E-state index contributed by atoms with van der Waals surface area (Å²) in [5.41, 5.74) is 8.85. The van der Waals surface area contributed by atoms with Gasteiger partial charge >= 0.3 is 0 Å². The number of halogens is 1. The van der Waals surface area contributed by atoms with E-state index in [1.165, 1.54) is 11.3 Å². The van der Waals surface area contributed by atoms with E-state index in [1.807, 2.05) is 30.8 Å². The Morgan fingerprint density at radius 2 is 2.27 bits per heavy atom. The summed E-state index contributed by atoms with van der Waals surface area (Å²) < 4.78 is 2.61. The van der Waals surface area contributed by atoms with Crippen LogP contribution in [0, 0.1) is 6.92 Å². The second kappa shape index (κ2) is 3.96. The van der Waals surface area contributed by atoms with Crippen molar-refractivity contribution in [2.24, 2.45) is 12.8 Å². The van der Waals surface area contributed by atoms with Gasteiger partial charge in [0.05, 0.1) is 14.9 Å². The molecule has 2 aromatic heterocycles. The van der Waals surface area contributed by atoms with E-state index in [-0.39, 0.29) is 0 Å². The van der Waals surface area contributed by atoms with Crippen molar-refractivity contribution in [3.05, 3.63) is 27.7 Å². The number of aryl methyl sites for hydroxylation is 1. The smallest absolute Gasteiger partial charge is 0.106 e. The first-order valence-electron chi connectivity index (χ1n) is 4.61. The Labute approximate surface area is 97.5 Å². The lowest BCUT2D eigenvalue weighted by Gasteiger charge is -1.97. The van der Waals surface area contributed by atoms with Gasteiger partial charge in [0.2, 0.25) is 0 Å². The summed E-state index contributed by atoms with van der Waals surface area (Å²) in [5, 5.41) is 4.45. The molecule has 2 aromatic rings. The van der Waals surface area contributed by atoms with Crippen molar-refractivity contribution in [2.45, 2.75) is 13.5 Å². The Morgan fingerprint density at radius 1 is 1.53 bits per heavy atom. The third-order valence-corrected chi connectivity index (χ3v) is 3.67. The SMILES string of the molecule is Cc1c(-c2ccc(Cl)s2)nn(C)c1CN. The highest BCUT2D eigenvalue weighted by Gasteiger charge is 2.13. The Hall–Kier alpha value is -0.840. The highest BCUT2D eigenvalue weighted by atomic mass is 35.5. The van der Waals surface area contributed by atoms with E-state index in [0.29, 0.717) is 6.54 Å². The summed E-state index contributed by atoms with van der Waals surface area (Å²) in [7, 11) is 1.91. The molecule has 5 heteroatoms. The highest BCUT2D eigenvalue weighted by Crippen LogP contribution is 2.32. The number of hydrogen-bond donors (Lipinski definition) is 1. The van der Waals surface area contributed by atoms with Gasteiger partial charge < -0.3 is 5.73 Å². The molecule has 2 rings (SSSR count). The molecule has 3 nitrogen and oxygen atoms in total. The molecule has 0 bridgehead atoms. The maximum atomic E-state index is 5.90. The van der Waals surface area contributed by atoms with Crippen LogP contribution in [-0.2, 0) is 13.6 Å². The molecular formula is C10H12ClN3S. The molecular weight excluding hydrogens is 230 g/mol. The van der Waals surface area contributed by atoms with E-state index in [0.717, 1.165) is 26.2 Å². The van der Waals surface area contributed by atoms with E-state index >= 15 is 0 Å². The lowest BCUT2D eigenvalue weighted by molar-refractivity contribution is 0.712. The number of rotatable bonds is 2. The molecule has 0 radical (unpaired) electrons. The lowest BCUT2D eigenvalue weighted by atomic mass is 10.2. The Kier molecular flexibility index (Phi) is 2.82. The monoisotopic (exact) mass is 241 g/mol. The fourth-order valence-corrected chi connectivity index (χ4v) is 2.71. The number of hydrogen-bond acceptors (Lipinski definition) is 3. The van der Waals surface area contributed by atoms with Gasteiger partial charge in [0.25, 0.3) is 0 Å². The van der Waals surface area contributed by atoms with Crippen LogP contribution >= 0.6 is 22.9 Å². The molecule has 80 valence electrons. The summed E-state index contributed by atoms with van der Waals surface area (Å²) in [5.74, 6) is 0. The predicted molar refractivity (Wildman–Crippen MR) is 64.2 cm³/mol. The van der Waals surface area contributed by atoms with Crippen molar-refractivity contribution in [3.63, 3.8) is 0 Å². The average Bonchev–Trinajstić information content (AvgIpc) is 2.71. The van der Waals surface area contributed by atoms with Crippen LogP contribution in [-0.4, -0.2) is 9.78 Å². The van der Waals surface area contributed by atoms with Crippen LogP contribution in [0.2, 0.25) is 4.34 Å². The largest absolute Gasteiger partial charge is 0.325 e. The minimum absolute atomic E-state index is 0.508. The van der Waals surface area contributed by atoms with Gasteiger partial charge in [-0.3, -0.25) is 4.68 Å². The fraction of sp³-hybridized carbons (Fsp3) is 0.300. The molecule has 0 aromatic carbocycles. The van der Waals surface area contributed by atoms with Crippen molar-refractivity contribution in [1.82, 2.24) is 9.78 Å². The molecule has 0 unspecified atom stereocenters. The zero-order chi connectivity index (χ0) is 11.0. The van der Waals surface area contributed by atoms with Crippen molar-refractivity contribution < 1.29 is 0 Å². The van der Waals surface area contributed by atoms with Crippen LogP contribution < -0.4 is 5.73 Å². The molecule has 0 aliphatic carbocycles. The van der Waals surface area contributed by atoms with Crippen LogP contribution in [0.3, 0.4) is 0 Å². The summed E-state index contributed by atoms with van der Waals surface area (Å²) >= 11 is 7.44. The number of thiophene rings is 1. The van der Waals surface area contributed by atoms with Crippen LogP contribution in [0.15, 0.2) is 12.1 Å². The summed E-state index contributed by atoms with van der Waals surface area (Å²) in [4.78, 5) is 1.09. The molecule has 0 aliphatic rings. The minimum Gasteiger partial charge on any atom is -0.325 e. The summed E-state index contributed by atoms with van der Waals surface area (Å²) in [6, 6.07) is 3.88. The predicted octanol–water partition coefficient (Wildman–Crippen LogP) is 2.57. The first-order valence-corrected chi connectivity index (χ1v) is 5.81. The third-order valence-electron chi connectivity index (χ3n) is 2.43. The normalized spacial score (nSPS) is 10.9. The molecule has 0 spiro atoms. The molecule has 0 aliphatic heterocycles. The Bertz CT molecular complexity index is 487. The Morgan fingerprint density at radius 3 is 2.73 bits per heavy atom. The van der Waals surface area contributed by atoms with Crippen LogP contribution in [0.4, 0.5) is 0 Å². The first kappa shape index (κ1) is 10.7. The first-order chi connectivity index (χ1) is 7.13. The summed E-state index contributed by atoms with van der Waals surface area (Å²) in [6.07, 6.45) is 0. The van der Waals surface area contributed by atoms with E-state index in [1.54, 1.807) is 0 Å². The van der Waals surface area contributed by atoms with E-state index < -0.39 is 0 Å².